The van der Waals surface area contributed by atoms with Gasteiger partial charge < -0.3 is 18.7 Å². The van der Waals surface area contributed by atoms with Crippen LogP contribution >= 0.6 is 11.8 Å². The molecular formula is C21H18N4O5S. The van der Waals surface area contributed by atoms with Crippen molar-refractivity contribution in [2.24, 2.45) is 7.05 Å². The molecule has 1 aliphatic heterocycles. The van der Waals surface area contributed by atoms with Crippen LogP contribution < -0.4 is 19.8 Å². The molecule has 31 heavy (non-hydrogen) atoms. The fraction of sp³-hybridized carbons (Fsp3) is 0.238. The first kappa shape index (κ1) is 19.4. The zero-order valence-electron chi connectivity index (χ0n) is 16.8. The van der Waals surface area contributed by atoms with Crippen molar-refractivity contribution in [3.8, 4) is 28.6 Å². The number of nitrogens with zero attached hydrogens (tertiary/aromatic N) is 4. The molecule has 0 bridgehead atoms. The molecule has 0 atom stereocenters. The van der Waals surface area contributed by atoms with E-state index in [1.54, 1.807) is 19.2 Å². The fourth-order valence-electron chi connectivity index (χ4n) is 3.25. The van der Waals surface area contributed by atoms with Gasteiger partial charge in [-0.15, -0.1) is 0 Å². The predicted octanol–water partition coefficient (Wildman–Crippen LogP) is 3.40. The third kappa shape index (κ3) is 3.59. The first-order valence-electron chi connectivity index (χ1n) is 9.62. The summed E-state index contributed by atoms with van der Waals surface area (Å²) in [6.45, 7) is 2.60. The summed E-state index contributed by atoms with van der Waals surface area (Å²) in [5, 5.41) is 5.08. The maximum atomic E-state index is 12.8. The normalized spacial score (nSPS) is 12.5. The van der Waals surface area contributed by atoms with Gasteiger partial charge in [-0.25, -0.2) is 4.98 Å². The molecule has 0 aliphatic carbocycles. The van der Waals surface area contributed by atoms with Crippen LogP contribution in [0.5, 0.6) is 17.2 Å². The summed E-state index contributed by atoms with van der Waals surface area (Å²) >= 11 is 1.34. The molecule has 5 rings (SSSR count). The van der Waals surface area contributed by atoms with Gasteiger partial charge >= 0.3 is 0 Å². The number of ether oxygens (including phenoxy) is 3. The Morgan fingerprint density at radius 3 is 2.81 bits per heavy atom. The molecule has 4 aromatic rings. The van der Waals surface area contributed by atoms with Gasteiger partial charge in [0.1, 0.15) is 5.75 Å². The molecule has 0 radical (unpaired) electrons. The van der Waals surface area contributed by atoms with E-state index in [2.05, 4.69) is 15.1 Å². The van der Waals surface area contributed by atoms with Crippen molar-refractivity contribution in [3.05, 3.63) is 52.6 Å². The van der Waals surface area contributed by atoms with Crippen LogP contribution in [0.1, 0.15) is 12.8 Å². The maximum absolute atomic E-state index is 12.8. The Labute approximate surface area is 181 Å². The lowest BCUT2D eigenvalue weighted by Crippen LogP contribution is -2.20. The third-order valence-electron chi connectivity index (χ3n) is 4.75. The summed E-state index contributed by atoms with van der Waals surface area (Å²) in [6.07, 6.45) is 0. The van der Waals surface area contributed by atoms with Crippen LogP contribution in [0.15, 0.2) is 50.9 Å². The first-order chi connectivity index (χ1) is 15.1. The predicted molar refractivity (Wildman–Crippen MR) is 114 cm³/mol. The summed E-state index contributed by atoms with van der Waals surface area (Å²) in [5.74, 6) is 3.07. The van der Waals surface area contributed by atoms with E-state index in [9.17, 15) is 4.79 Å². The van der Waals surface area contributed by atoms with E-state index in [0.29, 0.717) is 57.4 Å². The molecule has 1 aliphatic rings. The average molecular weight is 438 g/mol. The van der Waals surface area contributed by atoms with E-state index in [-0.39, 0.29) is 12.4 Å². The lowest BCUT2D eigenvalue weighted by Gasteiger charge is -2.08. The van der Waals surface area contributed by atoms with Crippen molar-refractivity contribution >= 4 is 22.7 Å². The lowest BCUT2D eigenvalue weighted by atomic mass is 10.2. The van der Waals surface area contributed by atoms with Crippen LogP contribution in [-0.2, 0) is 12.8 Å². The van der Waals surface area contributed by atoms with Crippen molar-refractivity contribution < 1.29 is 18.7 Å². The highest BCUT2D eigenvalue weighted by Gasteiger charge is 2.19. The van der Waals surface area contributed by atoms with Gasteiger partial charge in [-0.2, -0.15) is 4.98 Å². The number of aromatic nitrogens is 4. The van der Waals surface area contributed by atoms with Gasteiger partial charge in [-0.3, -0.25) is 9.36 Å². The number of hydrogen-bond acceptors (Lipinski definition) is 9. The number of benzene rings is 2. The molecule has 10 heteroatoms. The van der Waals surface area contributed by atoms with Crippen molar-refractivity contribution in [1.82, 2.24) is 19.7 Å². The standard InChI is InChI=1S/C21H18N4O5S/c1-3-27-15-7-5-4-6-12(15)19-23-18(30-24-19)10-31-21-22-14-9-17-16(28-11-29-17)8-13(14)20(26)25(21)2/h4-9H,3,10-11H2,1-2H3. The average Bonchev–Trinajstić information content (AvgIpc) is 3.44. The molecule has 0 unspecified atom stereocenters. The van der Waals surface area contributed by atoms with E-state index in [1.165, 1.54) is 16.3 Å². The number of thioether (sulfide) groups is 1. The van der Waals surface area contributed by atoms with Crippen LogP contribution in [0, 0.1) is 0 Å². The smallest absolute Gasteiger partial charge is 0.261 e. The number of para-hydroxylation sites is 1. The Bertz CT molecular complexity index is 1330. The fourth-order valence-corrected chi connectivity index (χ4v) is 4.06. The minimum atomic E-state index is -0.164. The van der Waals surface area contributed by atoms with Crippen LogP contribution in [0.3, 0.4) is 0 Å². The van der Waals surface area contributed by atoms with Crippen molar-refractivity contribution in [3.63, 3.8) is 0 Å². The van der Waals surface area contributed by atoms with E-state index >= 15 is 0 Å². The Hall–Kier alpha value is -3.53. The first-order valence-corrected chi connectivity index (χ1v) is 10.6. The van der Waals surface area contributed by atoms with Crippen molar-refractivity contribution in [2.45, 2.75) is 17.8 Å². The molecule has 3 heterocycles. The monoisotopic (exact) mass is 438 g/mol. The van der Waals surface area contributed by atoms with Gasteiger partial charge in [0.2, 0.25) is 18.5 Å². The quantitative estimate of drug-likeness (QED) is 0.331. The molecule has 0 saturated carbocycles. The zero-order chi connectivity index (χ0) is 21.4. The highest BCUT2D eigenvalue weighted by Crippen LogP contribution is 2.35. The van der Waals surface area contributed by atoms with Crippen LogP contribution in [0.4, 0.5) is 0 Å². The van der Waals surface area contributed by atoms with Crippen LogP contribution in [0.25, 0.3) is 22.3 Å². The van der Waals surface area contributed by atoms with Crippen molar-refractivity contribution in [1.29, 1.82) is 0 Å². The Kier molecular flexibility index (Phi) is 4.99. The van der Waals surface area contributed by atoms with Gasteiger partial charge in [0, 0.05) is 13.1 Å². The van der Waals surface area contributed by atoms with Gasteiger partial charge in [-0.1, -0.05) is 29.1 Å². The molecular weight excluding hydrogens is 420 g/mol. The summed E-state index contributed by atoms with van der Waals surface area (Å²) in [4.78, 5) is 21.9. The number of rotatable bonds is 6. The molecule has 0 saturated heterocycles. The molecule has 0 spiro atoms. The molecule has 2 aromatic heterocycles. The lowest BCUT2D eigenvalue weighted by molar-refractivity contribution is 0.174. The number of hydrogen-bond donors (Lipinski definition) is 0. The highest BCUT2D eigenvalue weighted by atomic mass is 32.2. The Morgan fingerprint density at radius 2 is 1.97 bits per heavy atom. The maximum Gasteiger partial charge on any atom is 0.261 e. The summed E-state index contributed by atoms with van der Waals surface area (Å²) in [5.41, 5.74) is 1.14. The third-order valence-corrected chi connectivity index (χ3v) is 5.76. The topological polar surface area (TPSA) is 102 Å². The molecule has 0 fully saturated rings. The van der Waals surface area contributed by atoms with Crippen LogP contribution in [-0.4, -0.2) is 33.1 Å². The van der Waals surface area contributed by atoms with E-state index in [1.807, 2.05) is 31.2 Å². The van der Waals surface area contributed by atoms with E-state index in [4.69, 9.17) is 18.7 Å². The van der Waals surface area contributed by atoms with E-state index in [0.717, 1.165) is 5.56 Å². The second kappa shape index (κ2) is 7.95. The van der Waals surface area contributed by atoms with Gasteiger partial charge in [0.25, 0.3) is 5.56 Å². The molecule has 0 amide bonds. The Balaban J connectivity index is 1.40. The summed E-state index contributed by atoms with van der Waals surface area (Å²) in [7, 11) is 1.68. The largest absolute Gasteiger partial charge is 0.493 e. The van der Waals surface area contributed by atoms with Gasteiger partial charge in [0.05, 0.1) is 28.8 Å². The summed E-state index contributed by atoms with van der Waals surface area (Å²) in [6, 6.07) is 10.9. The summed E-state index contributed by atoms with van der Waals surface area (Å²) < 4.78 is 23.3. The second-order valence-corrected chi connectivity index (χ2v) is 7.65. The molecule has 158 valence electrons. The minimum absolute atomic E-state index is 0.138. The second-order valence-electron chi connectivity index (χ2n) is 6.71. The highest BCUT2D eigenvalue weighted by molar-refractivity contribution is 7.98. The molecule has 0 N–H and O–H groups in total. The van der Waals surface area contributed by atoms with Gasteiger partial charge in [-0.05, 0) is 25.1 Å². The van der Waals surface area contributed by atoms with Crippen molar-refractivity contribution in [2.75, 3.05) is 13.4 Å². The zero-order valence-corrected chi connectivity index (χ0v) is 17.6. The Morgan fingerprint density at radius 1 is 1.16 bits per heavy atom. The number of fused-ring (bicyclic) bond motifs is 2. The van der Waals surface area contributed by atoms with Crippen LogP contribution in [0.2, 0.25) is 0 Å². The van der Waals surface area contributed by atoms with E-state index < -0.39 is 0 Å². The van der Waals surface area contributed by atoms with Gasteiger partial charge in [0.15, 0.2) is 16.7 Å². The molecule has 2 aromatic carbocycles. The minimum Gasteiger partial charge on any atom is -0.493 e. The SMILES string of the molecule is CCOc1ccccc1-c1noc(CSc2nc3cc4c(cc3c(=O)n2C)OCO4)n1. The molecule has 9 nitrogen and oxygen atoms in total.